The molecule has 0 aromatic carbocycles. The molecule has 0 amide bonds. The summed E-state index contributed by atoms with van der Waals surface area (Å²) in [5.74, 6) is 0. The second-order valence-corrected chi connectivity index (χ2v) is 1.80. The van der Waals surface area contributed by atoms with E-state index in [9.17, 15) is 0 Å². The summed E-state index contributed by atoms with van der Waals surface area (Å²) in [6, 6.07) is 0. The van der Waals surface area contributed by atoms with E-state index in [-0.39, 0.29) is 49.7 Å². The van der Waals surface area contributed by atoms with E-state index in [4.69, 9.17) is 19.2 Å². The standard InChI is InChI=1S/Nb.H4O4Si.Pb.2H/c;1-5(2,3)4;;;/h;1-4H;;;. The summed E-state index contributed by atoms with van der Waals surface area (Å²) in [4.78, 5) is 29.3. The Bertz CT molecular complexity index is 27.2. The van der Waals surface area contributed by atoms with Crippen LogP contribution in [0.5, 0.6) is 0 Å². The Labute approximate surface area is 77.3 Å². The van der Waals surface area contributed by atoms with E-state index in [1.165, 1.54) is 0 Å². The summed E-state index contributed by atoms with van der Waals surface area (Å²) >= 11 is 0. The predicted octanol–water partition coefficient (Wildman–Crippen LogP) is -3.53. The Morgan fingerprint density at radius 3 is 0.857 bits per heavy atom. The summed E-state index contributed by atoms with van der Waals surface area (Å²) < 4.78 is 0. The number of hydrogen-bond donors (Lipinski definition) is 4. The molecule has 0 spiro atoms. The fourth-order valence-corrected chi connectivity index (χ4v) is 0. The Hall–Kier alpha value is 1.72. The van der Waals surface area contributed by atoms with Crippen LogP contribution in [0.2, 0.25) is 0 Å². The minimum absolute atomic E-state index is 0. The van der Waals surface area contributed by atoms with Gasteiger partial charge in [0, 0.05) is 22.4 Å². The summed E-state index contributed by atoms with van der Waals surface area (Å²) in [6.45, 7) is 0. The van der Waals surface area contributed by atoms with Crippen LogP contribution in [-0.4, -0.2) is 55.5 Å². The quantitative estimate of drug-likeness (QED) is 0.319. The van der Waals surface area contributed by atoms with Crippen molar-refractivity contribution in [3.05, 3.63) is 0 Å². The molecule has 4 N–H and O–H groups in total. The fraction of sp³-hybridized carbons (Fsp3) is 0. The van der Waals surface area contributed by atoms with Crippen LogP contribution in [0.15, 0.2) is 0 Å². The van der Waals surface area contributed by atoms with E-state index in [1.807, 2.05) is 0 Å². The molecule has 0 bridgehead atoms. The average molecular weight is 398 g/mol. The first-order valence-electron chi connectivity index (χ1n) is 0.894. The average Bonchev–Trinajstić information content (AvgIpc) is 0.722. The SMILES string of the molecule is O[Si](O)(O)O.[Nb].[PbH2]. The third-order valence-corrected chi connectivity index (χ3v) is 0. The normalized spacial score (nSPS) is 8.57. The molecule has 0 aliphatic rings. The van der Waals surface area contributed by atoms with Gasteiger partial charge in [0.1, 0.15) is 0 Å². The van der Waals surface area contributed by atoms with Gasteiger partial charge in [0.25, 0.3) is 0 Å². The maximum atomic E-state index is 7.33. The van der Waals surface area contributed by atoms with Gasteiger partial charge in [-0.2, -0.15) is 0 Å². The van der Waals surface area contributed by atoms with Crippen LogP contribution in [0.3, 0.4) is 0 Å². The first-order chi connectivity index (χ1) is 2.00. The third kappa shape index (κ3) is 85.4. The van der Waals surface area contributed by atoms with Crippen molar-refractivity contribution in [1.82, 2.24) is 0 Å². The Morgan fingerprint density at radius 2 is 0.857 bits per heavy atom. The van der Waals surface area contributed by atoms with Crippen LogP contribution in [0.4, 0.5) is 0 Å². The van der Waals surface area contributed by atoms with Crippen molar-refractivity contribution in [2.45, 2.75) is 0 Å². The Balaban J connectivity index is -0.0000000800. The van der Waals surface area contributed by atoms with E-state index >= 15 is 0 Å². The molecule has 0 aromatic rings. The Morgan fingerprint density at radius 1 is 0.857 bits per heavy atom. The Kier molecular flexibility index (Phi) is 13.3. The molecule has 3 radical (unpaired) electrons. The summed E-state index contributed by atoms with van der Waals surface area (Å²) in [5, 5.41) is 0. The van der Waals surface area contributed by atoms with E-state index in [0.717, 1.165) is 0 Å². The molecule has 0 atom stereocenters. The zero-order valence-corrected chi connectivity index (χ0v) is 12.1. The predicted molar refractivity (Wildman–Crippen MR) is 23.2 cm³/mol. The van der Waals surface area contributed by atoms with Gasteiger partial charge >= 0.3 is 36.3 Å². The molecule has 0 aliphatic heterocycles. The molecule has 43 valence electrons. The number of hydrogen-bond acceptors (Lipinski definition) is 4. The van der Waals surface area contributed by atoms with Crippen LogP contribution in [-0.2, 0) is 22.4 Å². The van der Waals surface area contributed by atoms with Crippen molar-refractivity contribution < 1.29 is 41.6 Å². The monoisotopic (exact) mass is 399 g/mol. The van der Waals surface area contributed by atoms with Crippen molar-refractivity contribution in [2.75, 3.05) is 0 Å². The molecule has 0 rings (SSSR count). The van der Waals surface area contributed by atoms with Crippen molar-refractivity contribution in [3.8, 4) is 0 Å². The molecule has 4 nitrogen and oxygen atoms in total. The van der Waals surface area contributed by atoms with Crippen LogP contribution in [0.1, 0.15) is 0 Å². The van der Waals surface area contributed by atoms with Crippen LogP contribution in [0, 0.1) is 0 Å². The third-order valence-electron chi connectivity index (χ3n) is 0. The molecule has 7 heavy (non-hydrogen) atoms. The second kappa shape index (κ2) is 5.85. The molecular formula is H6NbO4PbSi. The van der Waals surface area contributed by atoms with Crippen molar-refractivity contribution in [1.29, 1.82) is 0 Å². The first kappa shape index (κ1) is 15.9. The molecule has 7 heteroatoms. The maximum absolute atomic E-state index is 7.33. The molecule has 0 heterocycles. The van der Waals surface area contributed by atoms with Crippen molar-refractivity contribution in [2.24, 2.45) is 0 Å². The zero-order valence-electron chi connectivity index (χ0n) is 3.44. The second-order valence-electron chi connectivity index (χ2n) is 0.600. The topological polar surface area (TPSA) is 80.9 Å². The minimum atomic E-state index is -4.61. The van der Waals surface area contributed by atoms with E-state index in [0.29, 0.717) is 0 Å². The van der Waals surface area contributed by atoms with Crippen molar-refractivity contribution >= 4 is 36.3 Å². The van der Waals surface area contributed by atoms with Crippen LogP contribution < -0.4 is 0 Å². The van der Waals surface area contributed by atoms with Crippen molar-refractivity contribution in [3.63, 3.8) is 0 Å². The van der Waals surface area contributed by atoms with Gasteiger partial charge in [-0.15, -0.1) is 0 Å². The molecule has 0 fully saturated rings. The summed E-state index contributed by atoms with van der Waals surface area (Å²) in [6.07, 6.45) is 0. The molecular weight excluding hydrogens is 392 g/mol. The molecule has 0 saturated heterocycles. The van der Waals surface area contributed by atoms with Gasteiger partial charge in [0.05, 0.1) is 0 Å². The molecule has 0 unspecified atom stereocenters. The van der Waals surface area contributed by atoms with Gasteiger partial charge in [-0.05, 0) is 0 Å². The van der Waals surface area contributed by atoms with Crippen LogP contribution in [0.25, 0.3) is 0 Å². The first-order valence-corrected chi connectivity index (χ1v) is 2.68. The van der Waals surface area contributed by atoms with Gasteiger partial charge in [0.15, 0.2) is 0 Å². The van der Waals surface area contributed by atoms with Gasteiger partial charge in [-0.25, -0.2) is 0 Å². The summed E-state index contributed by atoms with van der Waals surface area (Å²) in [5.41, 5.74) is 0. The molecule has 0 saturated carbocycles. The van der Waals surface area contributed by atoms with E-state index < -0.39 is 9.05 Å². The number of rotatable bonds is 0. The zero-order chi connectivity index (χ0) is 4.50. The van der Waals surface area contributed by atoms with Gasteiger partial charge < -0.3 is 19.2 Å². The molecule has 0 aliphatic carbocycles. The summed E-state index contributed by atoms with van der Waals surface area (Å²) in [7, 11) is -4.61. The van der Waals surface area contributed by atoms with Gasteiger partial charge in [0.2, 0.25) is 0 Å². The van der Waals surface area contributed by atoms with E-state index in [2.05, 4.69) is 0 Å². The van der Waals surface area contributed by atoms with Crippen LogP contribution >= 0.6 is 0 Å². The molecule has 0 aromatic heterocycles. The van der Waals surface area contributed by atoms with Gasteiger partial charge in [-0.1, -0.05) is 0 Å². The fourth-order valence-electron chi connectivity index (χ4n) is 0. The van der Waals surface area contributed by atoms with Gasteiger partial charge in [-0.3, -0.25) is 0 Å². The van der Waals surface area contributed by atoms with E-state index in [1.54, 1.807) is 0 Å².